The maximum atomic E-state index is 13.4. The monoisotopic (exact) mass is 556 g/mol. The number of anilines is 1. The highest BCUT2D eigenvalue weighted by Gasteiger charge is 2.23. The van der Waals surface area contributed by atoms with Gasteiger partial charge in [-0.05, 0) is 48.6 Å². The summed E-state index contributed by atoms with van der Waals surface area (Å²) in [5, 5.41) is 20.1. The second-order valence-electron chi connectivity index (χ2n) is 9.41. The molecule has 1 fully saturated rings. The standard InChI is InChI=1S/C29H28N6O4S/c1-37-22-12-11-19(15-23(22)38-2)20-16-21(18-9-5-3-6-10-18)31-29-25(20)26(30)27(40-29)28(36)32-24-17-35(33-39-24)34-13-7-4-8-14-34/h3,5-6,9-12,15-17H,4,7-8,13-14H2,1-2H3,(H2-,30,32,33,36). The quantitative estimate of drug-likeness (QED) is 0.181. The first-order chi connectivity index (χ1) is 19.6. The lowest BCUT2D eigenvalue weighted by Crippen LogP contribution is -2.60. The maximum absolute atomic E-state index is 13.4. The molecule has 1 aliphatic rings. The van der Waals surface area contributed by atoms with Gasteiger partial charge in [-0.15, -0.1) is 11.3 Å². The molecule has 4 heterocycles. The fourth-order valence-corrected chi connectivity index (χ4v) is 5.92. The van der Waals surface area contributed by atoms with E-state index in [-0.39, 0.29) is 10.8 Å². The van der Waals surface area contributed by atoms with Crippen LogP contribution in [0.25, 0.3) is 32.6 Å². The number of benzene rings is 2. The Hall–Kier alpha value is -4.64. The van der Waals surface area contributed by atoms with Crippen LogP contribution in [0.5, 0.6) is 11.5 Å². The molecule has 0 radical (unpaired) electrons. The minimum atomic E-state index is -0.512. The highest BCUT2D eigenvalue weighted by atomic mass is 32.1. The molecule has 40 heavy (non-hydrogen) atoms. The van der Waals surface area contributed by atoms with E-state index in [9.17, 15) is 5.11 Å². The molecule has 10 nitrogen and oxygen atoms in total. The van der Waals surface area contributed by atoms with Gasteiger partial charge < -0.3 is 20.3 Å². The largest absolute Gasteiger partial charge is 0.857 e. The van der Waals surface area contributed by atoms with Gasteiger partial charge in [-0.25, -0.2) is 9.98 Å². The number of fused-ring (bicyclic) bond motifs is 1. The summed E-state index contributed by atoms with van der Waals surface area (Å²) in [6.07, 6.45) is 4.99. The second kappa shape index (κ2) is 10.9. The van der Waals surface area contributed by atoms with Crippen LogP contribution >= 0.6 is 11.3 Å². The van der Waals surface area contributed by atoms with E-state index in [1.54, 1.807) is 25.2 Å². The molecule has 1 saturated heterocycles. The van der Waals surface area contributed by atoms with Crippen molar-refractivity contribution in [1.82, 2.24) is 10.3 Å². The summed E-state index contributed by atoms with van der Waals surface area (Å²) in [5.41, 5.74) is 10.3. The first-order valence-corrected chi connectivity index (χ1v) is 13.8. The van der Waals surface area contributed by atoms with Gasteiger partial charge in [-0.3, -0.25) is 4.52 Å². The lowest BCUT2D eigenvalue weighted by Gasteiger charge is -2.17. The van der Waals surface area contributed by atoms with Crippen molar-refractivity contribution in [2.75, 3.05) is 38.1 Å². The van der Waals surface area contributed by atoms with E-state index in [2.05, 4.69) is 15.3 Å². The number of thiophene rings is 1. The number of pyridine rings is 1. The van der Waals surface area contributed by atoms with Crippen LogP contribution in [-0.2, 0) is 0 Å². The highest BCUT2D eigenvalue weighted by molar-refractivity contribution is 7.21. The van der Waals surface area contributed by atoms with E-state index in [0.717, 1.165) is 48.3 Å². The molecule has 0 bridgehead atoms. The minimum absolute atomic E-state index is 0.116. The molecule has 0 spiro atoms. The van der Waals surface area contributed by atoms with Gasteiger partial charge in [-0.2, -0.15) is 5.01 Å². The van der Waals surface area contributed by atoms with Crippen molar-refractivity contribution in [1.29, 1.82) is 0 Å². The van der Waals surface area contributed by atoms with Crippen LogP contribution in [0.3, 0.4) is 0 Å². The van der Waals surface area contributed by atoms with Crippen LogP contribution in [0.4, 0.5) is 11.6 Å². The third kappa shape index (κ3) is 4.79. The Morgan fingerprint density at radius 2 is 1.80 bits per heavy atom. The number of methoxy groups -OCH3 is 2. The fraction of sp³-hybridized carbons (Fsp3) is 0.241. The Bertz CT molecular complexity index is 1690. The summed E-state index contributed by atoms with van der Waals surface area (Å²) in [6, 6.07) is 17.5. The molecule has 0 saturated carbocycles. The Morgan fingerprint density at radius 1 is 1.02 bits per heavy atom. The number of nitrogens with two attached hydrogens (primary N) is 1. The van der Waals surface area contributed by atoms with Gasteiger partial charge in [0.15, 0.2) is 11.5 Å². The number of hydrogen-bond acceptors (Lipinski definition) is 10. The van der Waals surface area contributed by atoms with Gasteiger partial charge in [0.2, 0.25) is 5.27 Å². The maximum Gasteiger partial charge on any atom is 0.324 e. The van der Waals surface area contributed by atoms with Crippen LogP contribution < -0.4 is 30.1 Å². The Labute approximate surface area is 234 Å². The summed E-state index contributed by atoms with van der Waals surface area (Å²) in [5.74, 6) is 0.799. The topological polar surface area (TPSA) is 126 Å². The molecule has 3 aromatic heterocycles. The number of rotatable bonds is 7. The first kappa shape index (κ1) is 25.6. The Morgan fingerprint density at radius 3 is 2.55 bits per heavy atom. The van der Waals surface area contributed by atoms with E-state index >= 15 is 0 Å². The molecule has 0 unspecified atom stereocenters. The summed E-state index contributed by atoms with van der Waals surface area (Å²) < 4.78 is 16.3. The third-order valence-electron chi connectivity index (χ3n) is 6.94. The zero-order chi connectivity index (χ0) is 27.6. The van der Waals surface area contributed by atoms with Gasteiger partial charge in [-0.1, -0.05) is 36.4 Å². The molecule has 0 atom stereocenters. The lowest BCUT2D eigenvalue weighted by atomic mass is 9.99. The number of aliphatic imine (C=N–C) groups is 1. The van der Waals surface area contributed by atoms with Crippen LogP contribution in [-0.4, -0.2) is 43.5 Å². The van der Waals surface area contributed by atoms with Gasteiger partial charge in [0.05, 0.1) is 48.4 Å². The Balaban J connectivity index is 1.46. The SMILES string of the molecule is COc1ccc(-c2cc(-c3ccccc3)nc3sc(/C([O-])=N/c4c[n+](N5CCCCC5)no4)c(N)c23)cc1OC. The van der Waals surface area contributed by atoms with Crippen molar-refractivity contribution in [3.8, 4) is 33.9 Å². The average molecular weight is 557 g/mol. The third-order valence-corrected chi connectivity index (χ3v) is 8.02. The van der Waals surface area contributed by atoms with Gasteiger partial charge in [0.25, 0.3) is 6.20 Å². The summed E-state index contributed by atoms with van der Waals surface area (Å²) >= 11 is 1.21. The predicted molar refractivity (Wildman–Crippen MR) is 153 cm³/mol. The van der Waals surface area contributed by atoms with E-state index in [1.807, 2.05) is 54.6 Å². The Kier molecular flexibility index (Phi) is 6.95. The van der Waals surface area contributed by atoms with Crippen molar-refractivity contribution in [2.45, 2.75) is 19.3 Å². The fourth-order valence-electron chi connectivity index (χ4n) is 4.91. The molecule has 11 heteroatoms. The highest BCUT2D eigenvalue weighted by Crippen LogP contribution is 2.43. The molecule has 6 rings (SSSR count). The normalized spacial score (nSPS) is 14.1. The molecule has 1 aliphatic heterocycles. The van der Waals surface area contributed by atoms with Crippen molar-refractivity contribution >= 4 is 39.0 Å². The smallest absolute Gasteiger partial charge is 0.324 e. The molecular weight excluding hydrogens is 528 g/mol. The number of nitrogen functional groups attached to an aromatic ring is 1. The van der Waals surface area contributed by atoms with Crippen LogP contribution in [0.2, 0.25) is 0 Å². The van der Waals surface area contributed by atoms with Gasteiger partial charge in [0, 0.05) is 16.8 Å². The summed E-state index contributed by atoms with van der Waals surface area (Å²) in [4.78, 5) is 11.6. The molecule has 0 aliphatic carbocycles. The van der Waals surface area contributed by atoms with Crippen molar-refractivity contribution in [3.05, 3.63) is 65.7 Å². The van der Waals surface area contributed by atoms with E-state index in [1.165, 1.54) is 17.8 Å². The first-order valence-electron chi connectivity index (χ1n) is 13.0. The zero-order valence-electron chi connectivity index (χ0n) is 22.2. The van der Waals surface area contributed by atoms with Crippen molar-refractivity contribution in [3.63, 3.8) is 0 Å². The lowest BCUT2D eigenvalue weighted by molar-refractivity contribution is -0.759. The van der Waals surface area contributed by atoms with Crippen molar-refractivity contribution < 1.29 is 23.9 Å². The van der Waals surface area contributed by atoms with Crippen LogP contribution in [0.15, 0.2) is 70.3 Å². The van der Waals surface area contributed by atoms with E-state index in [0.29, 0.717) is 27.4 Å². The van der Waals surface area contributed by atoms with Crippen molar-refractivity contribution in [2.24, 2.45) is 4.99 Å². The molecular formula is C29H28N6O4S. The van der Waals surface area contributed by atoms with E-state index < -0.39 is 5.90 Å². The van der Waals surface area contributed by atoms with Gasteiger partial charge >= 0.3 is 5.88 Å². The summed E-state index contributed by atoms with van der Waals surface area (Å²) in [6.45, 7) is 1.75. The molecule has 2 N–H and O–H groups in total. The predicted octanol–water partition coefficient (Wildman–Crippen LogP) is 4.07. The molecule has 0 amide bonds. The molecule has 204 valence electrons. The number of nitrogens with zero attached hydrogens (tertiary/aromatic N) is 5. The van der Waals surface area contributed by atoms with Crippen LogP contribution in [0, 0.1) is 0 Å². The number of piperidine rings is 1. The number of hydrogen-bond donors (Lipinski definition) is 1. The number of ether oxygens (including phenoxy) is 2. The van der Waals surface area contributed by atoms with Gasteiger partial charge in [0.1, 0.15) is 4.83 Å². The molecule has 5 aromatic rings. The minimum Gasteiger partial charge on any atom is -0.857 e. The van der Waals surface area contributed by atoms with Crippen LogP contribution in [0.1, 0.15) is 24.1 Å². The average Bonchev–Trinajstić information content (AvgIpc) is 3.61. The molecule has 2 aromatic carbocycles. The zero-order valence-corrected chi connectivity index (χ0v) is 23.0. The summed E-state index contributed by atoms with van der Waals surface area (Å²) in [7, 11) is 3.19. The second-order valence-corrected chi connectivity index (χ2v) is 10.4. The van der Waals surface area contributed by atoms with E-state index in [4.69, 9.17) is 24.7 Å². The number of aromatic nitrogens is 3.